The van der Waals surface area contributed by atoms with Crippen molar-refractivity contribution in [2.75, 3.05) is 24.1 Å². The predicted octanol–water partition coefficient (Wildman–Crippen LogP) is 2.19. The summed E-state index contributed by atoms with van der Waals surface area (Å²) in [6, 6.07) is 7.04. The van der Waals surface area contributed by atoms with Crippen LogP contribution < -0.4 is 16.4 Å². The first kappa shape index (κ1) is 14.9. The number of nitrogen functional groups attached to an aromatic ring is 1. The van der Waals surface area contributed by atoms with Crippen LogP contribution in [0.15, 0.2) is 34.9 Å². The van der Waals surface area contributed by atoms with Crippen molar-refractivity contribution in [2.24, 2.45) is 0 Å². The van der Waals surface area contributed by atoms with Crippen molar-refractivity contribution in [1.29, 1.82) is 0 Å². The number of hydrogen-bond acceptors (Lipinski definition) is 5. The van der Waals surface area contributed by atoms with Gasteiger partial charge in [-0.3, -0.25) is 4.79 Å². The molecule has 21 heavy (non-hydrogen) atoms. The number of carbonyl (C=O) groups excluding carboxylic acids is 1. The van der Waals surface area contributed by atoms with E-state index in [1.165, 1.54) is 6.26 Å². The number of unbranched alkanes of at least 4 members (excludes halogenated alkanes) is 1. The number of furan rings is 1. The van der Waals surface area contributed by atoms with Crippen LogP contribution in [-0.4, -0.2) is 24.0 Å². The molecular formula is C15H20N4O2. The van der Waals surface area contributed by atoms with E-state index in [0.29, 0.717) is 18.0 Å². The van der Waals surface area contributed by atoms with E-state index in [2.05, 4.69) is 15.6 Å². The molecule has 0 radical (unpaired) electrons. The average Bonchev–Trinajstić information content (AvgIpc) is 3.00. The van der Waals surface area contributed by atoms with Crippen molar-refractivity contribution in [1.82, 2.24) is 10.3 Å². The van der Waals surface area contributed by atoms with Gasteiger partial charge in [-0.25, -0.2) is 4.98 Å². The maximum absolute atomic E-state index is 11.6. The molecule has 0 saturated heterocycles. The van der Waals surface area contributed by atoms with Crippen LogP contribution in [0, 0.1) is 6.92 Å². The molecule has 0 aliphatic heterocycles. The summed E-state index contributed by atoms with van der Waals surface area (Å²) in [7, 11) is 0. The van der Waals surface area contributed by atoms with Gasteiger partial charge in [0.2, 0.25) is 0 Å². The molecule has 0 saturated carbocycles. The maximum Gasteiger partial charge on any atom is 0.286 e. The molecule has 2 aromatic heterocycles. The largest absolute Gasteiger partial charge is 0.459 e. The number of nitrogens with zero attached hydrogens (tertiary/aromatic N) is 1. The lowest BCUT2D eigenvalue weighted by Crippen LogP contribution is -2.24. The lowest BCUT2D eigenvalue weighted by Gasteiger charge is -2.07. The molecule has 0 aliphatic carbocycles. The van der Waals surface area contributed by atoms with Crippen LogP contribution in [0.5, 0.6) is 0 Å². The molecule has 1 amide bonds. The van der Waals surface area contributed by atoms with Gasteiger partial charge in [0, 0.05) is 13.1 Å². The fourth-order valence-corrected chi connectivity index (χ4v) is 1.83. The van der Waals surface area contributed by atoms with Crippen molar-refractivity contribution in [2.45, 2.75) is 19.8 Å². The van der Waals surface area contributed by atoms with E-state index in [9.17, 15) is 4.79 Å². The van der Waals surface area contributed by atoms with Gasteiger partial charge in [-0.2, -0.15) is 0 Å². The third kappa shape index (κ3) is 4.52. The summed E-state index contributed by atoms with van der Waals surface area (Å²) in [5.74, 6) is 0.986. The third-order valence-corrected chi connectivity index (χ3v) is 3.07. The van der Waals surface area contributed by atoms with E-state index >= 15 is 0 Å². The predicted molar refractivity (Wildman–Crippen MR) is 82.2 cm³/mol. The first-order chi connectivity index (χ1) is 10.2. The quantitative estimate of drug-likeness (QED) is 0.679. The molecule has 0 aromatic carbocycles. The lowest BCUT2D eigenvalue weighted by atomic mass is 10.3. The number of rotatable bonds is 7. The van der Waals surface area contributed by atoms with Crippen molar-refractivity contribution >= 4 is 17.4 Å². The van der Waals surface area contributed by atoms with Crippen LogP contribution in [0.2, 0.25) is 0 Å². The van der Waals surface area contributed by atoms with Crippen LogP contribution in [0.1, 0.15) is 29.1 Å². The maximum atomic E-state index is 11.6. The number of nitrogens with two attached hydrogens (primary N) is 1. The summed E-state index contributed by atoms with van der Waals surface area (Å²) < 4.78 is 5.01. The van der Waals surface area contributed by atoms with Crippen LogP contribution in [0.4, 0.5) is 11.5 Å². The van der Waals surface area contributed by atoms with Crippen LogP contribution >= 0.6 is 0 Å². The van der Waals surface area contributed by atoms with Gasteiger partial charge < -0.3 is 20.8 Å². The van der Waals surface area contributed by atoms with Gasteiger partial charge in [0.05, 0.1) is 17.6 Å². The van der Waals surface area contributed by atoms with E-state index in [1.807, 2.05) is 19.1 Å². The number of amides is 1. The SMILES string of the molecule is Cc1nc(NCCCCNC(=O)c2ccco2)ccc1N. The molecule has 0 bridgehead atoms. The number of nitrogens with one attached hydrogen (secondary N) is 2. The standard InChI is InChI=1S/C15H20N4O2/c1-11-12(16)6-7-14(19-11)17-8-2-3-9-18-15(20)13-5-4-10-21-13/h4-7,10H,2-3,8-9,16H2,1H3,(H,17,19)(H,18,20). The number of hydrogen-bond donors (Lipinski definition) is 3. The Balaban J connectivity index is 1.60. The van der Waals surface area contributed by atoms with Crippen molar-refractivity contribution in [3.63, 3.8) is 0 Å². The Morgan fingerprint density at radius 2 is 2.10 bits per heavy atom. The minimum atomic E-state index is -0.177. The number of aromatic nitrogens is 1. The van der Waals surface area contributed by atoms with Gasteiger partial charge in [0.15, 0.2) is 5.76 Å². The molecule has 0 spiro atoms. The molecule has 2 aromatic rings. The molecular weight excluding hydrogens is 268 g/mol. The highest BCUT2D eigenvalue weighted by atomic mass is 16.3. The van der Waals surface area contributed by atoms with Crippen LogP contribution in [0.3, 0.4) is 0 Å². The molecule has 2 rings (SSSR count). The van der Waals surface area contributed by atoms with Crippen molar-refractivity contribution in [3.05, 3.63) is 42.0 Å². The summed E-state index contributed by atoms with van der Waals surface area (Å²) in [6.45, 7) is 3.30. The molecule has 6 heteroatoms. The minimum Gasteiger partial charge on any atom is -0.459 e. The molecule has 0 aliphatic rings. The molecule has 112 valence electrons. The number of pyridine rings is 1. The normalized spacial score (nSPS) is 10.3. The minimum absolute atomic E-state index is 0.177. The smallest absolute Gasteiger partial charge is 0.286 e. The first-order valence-electron chi connectivity index (χ1n) is 6.95. The van der Waals surface area contributed by atoms with Gasteiger partial charge in [-0.05, 0) is 44.0 Å². The second-order valence-electron chi connectivity index (χ2n) is 4.74. The zero-order valence-corrected chi connectivity index (χ0v) is 12.1. The Morgan fingerprint density at radius 3 is 2.81 bits per heavy atom. The second kappa shape index (κ2) is 7.33. The number of aryl methyl sites for hydroxylation is 1. The third-order valence-electron chi connectivity index (χ3n) is 3.07. The Labute approximate surface area is 123 Å². The summed E-state index contributed by atoms with van der Waals surface area (Å²) in [5.41, 5.74) is 7.23. The topological polar surface area (TPSA) is 93.2 Å². The molecule has 2 heterocycles. The number of carbonyl (C=O) groups is 1. The van der Waals surface area contributed by atoms with Gasteiger partial charge in [0.25, 0.3) is 5.91 Å². The van der Waals surface area contributed by atoms with Gasteiger partial charge >= 0.3 is 0 Å². The monoisotopic (exact) mass is 288 g/mol. The highest BCUT2D eigenvalue weighted by Gasteiger charge is 2.06. The molecule has 0 atom stereocenters. The van der Waals surface area contributed by atoms with Crippen LogP contribution in [-0.2, 0) is 0 Å². The Bertz CT molecular complexity index is 581. The van der Waals surface area contributed by atoms with E-state index in [1.54, 1.807) is 12.1 Å². The summed E-state index contributed by atoms with van der Waals surface area (Å²) in [6.07, 6.45) is 3.30. The van der Waals surface area contributed by atoms with Gasteiger partial charge in [-0.1, -0.05) is 0 Å². The van der Waals surface area contributed by atoms with E-state index in [4.69, 9.17) is 10.2 Å². The van der Waals surface area contributed by atoms with E-state index in [0.717, 1.165) is 30.9 Å². The van der Waals surface area contributed by atoms with E-state index in [-0.39, 0.29) is 5.91 Å². The zero-order chi connectivity index (χ0) is 15.1. The van der Waals surface area contributed by atoms with Crippen molar-refractivity contribution < 1.29 is 9.21 Å². The highest BCUT2D eigenvalue weighted by Crippen LogP contribution is 2.11. The highest BCUT2D eigenvalue weighted by molar-refractivity contribution is 5.91. The zero-order valence-electron chi connectivity index (χ0n) is 12.1. The lowest BCUT2D eigenvalue weighted by molar-refractivity contribution is 0.0925. The summed E-state index contributed by atoms with van der Waals surface area (Å²) in [5, 5.41) is 6.04. The second-order valence-corrected chi connectivity index (χ2v) is 4.74. The summed E-state index contributed by atoms with van der Waals surface area (Å²) >= 11 is 0. The first-order valence-corrected chi connectivity index (χ1v) is 6.95. The Hall–Kier alpha value is -2.50. The van der Waals surface area contributed by atoms with Crippen LogP contribution in [0.25, 0.3) is 0 Å². The fourth-order valence-electron chi connectivity index (χ4n) is 1.83. The molecule has 4 N–H and O–H groups in total. The molecule has 0 unspecified atom stereocenters. The Kier molecular flexibility index (Phi) is 5.20. The molecule has 0 fully saturated rings. The molecule has 6 nitrogen and oxygen atoms in total. The fraction of sp³-hybridized carbons (Fsp3) is 0.333. The summed E-state index contributed by atoms with van der Waals surface area (Å²) in [4.78, 5) is 15.9. The average molecular weight is 288 g/mol. The van der Waals surface area contributed by atoms with E-state index < -0.39 is 0 Å². The Morgan fingerprint density at radius 1 is 1.29 bits per heavy atom. The van der Waals surface area contributed by atoms with Crippen molar-refractivity contribution in [3.8, 4) is 0 Å². The van der Waals surface area contributed by atoms with Gasteiger partial charge in [0.1, 0.15) is 5.82 Å². The number of anilines is 2. The van der Waals surface area contributed by atoms with Gasteiger partial charge in [-0.15, -0.1) is 0 Å².